The average Bonchev–Trinajstić information content (AvgIpc) is 2.92. The highest BCUT2D eigenvalue weighted by atomic mass is 79.9. The van der Waals surface area contributed by atoms with E-state index in [1.807, 2.05) is 29.6 Å². The van der Waals surface area contributed by atoms with Gasteiger partial charge >= 0.3 is 0 Å². The highest BCUT2D eigenvalue weighted by molar-refractivity contribution is 9.10. The number of hydrogen-bond acceptors (Lipinski definition) is 2. The third kappa shape index (κ3) is 2.71. The summed E-state index contributed by atoms with van der Waals surface area (Å²) in [6, 6.07) is 12.9. The quantitative estimate of drug-likeness (QED) is 0.492. The van der Waals surface area contributed by atoms with Crippen molar-refractivity contribution >= 4 is 43.2 Å². The van der Waals surface area contributed by atoms with Gasteiger partial charge in [0.2, 0.25) is 0 Å². The van der Waals surface area contributed by atoms with Gasteiger partial charge in [-0.15, -0.1) is 11.3 Å². The molecule has 0 unspecified atom stereocenters. The standard InChI is InChI=1S/C15H8Br2FNS/c16-11-4-2-1-3-10(11)14-8-20-15(19-14)9-5-6-13(18)12(17)7-9/h1-8H. The van der Waals surface area contributed by atoms with Gasteiger partial charge in [0.25, 0.3) is 0 Å². The minimum atomic E-state index is -0.267. The van der Waals surface area contributed by atoms with E-state index in [9.17, 15) is 4.39 Å². The fourth-order valence-corrected chi connectivity index (χ4v) is 3.51. The maximum atomic E-state index is 13.3. The van der Waals surface area contributed by atoms with Gasteiger partial charge in [-0.2, -0.15) is 0 Å². The van der Waals surface area contributed by atoms with Gasteiger partial charge in [-0.1, -0.05) is 34.1 Å². The highest BCUT2D eigenvalue weighted by Crippen LogP contribution is 2.33. The number of thiazole rings is 1. The van der Waals surface area contributed by atoms with Gasteiger partial charge in [0, 0.05) is 21.0 Å². The van der Waals surface area contributed by atoms with Crippen molar-refractivity contribution in [2.45, 2.75) is 0 Å². The van der Waals surface area contributed by atoms with E-state index in [1.165, 1.54) is 6.07 Å². The topological polar surface area (TPSA) is 12.9 Å². The summed E-state index contributed by atoms with van der Waals surface area (Å²) in [5.41, 5.74) is 2.87. The number of aromatic nitrogens is 1. The Morgan fingerprint density at radius 2 is 1.80 bits per heavy atom. The molecule has 2 aromatic carbocycles. The molecular formula is C15H8Br2FNS. The summed E-state index contributed by atoms with van der Waals surface area (Å²) in [5.74, 6) is -0.267. The molecule has 3 rings (SSSR count). The van der Waals surface area contributed by atoms with Crippen LogP contribution in [0.5, 0.6) is 0 Å². The van der Waals surface area contributed by atoms with E-state index in [0.29, 0.717) is 4.47 Å². The molecule has 3 aromatic rings. The van der Waals surface area contributed by atoms with E-state index in [-0.39, 0.29) is 5.82 Å². The molecule has 5 heteroatoms. The van der Waals surface area contributed by atoms with E-state index in [1.54, 1.807) is 23.5 Å². The Balaban J connectivity index is 2.02. The molecule has 1 nitrogen and oxygen atoms in total. The second-order valence-corrected chi connectivity index (χ2v) is 6.71. The summed E-state index contributed by atoms with van der Waals surface area (Å²) in [6.45, 7) is 0. The van der Waals surface area contributed by atoms with Crippen LogP contribution in [-0.2, 0) is 0 Å². The van der Waals surface area contributed by atoms with Gasteiger partial charge in [0.15, 0.2) is 0 Å². The molecule has 0 radical (unpaired) electrons. The molecule has 0 amide bonds. The number of rotatable bonds is 2. The first kappa shape index (κ1) is 13.9. The van der Waals surface area contributed by atoms with Gasteiger partial charge in [0.05, 0.1) is 10.2 Å². The Kier molecular flexibility index (Phi) is 4.01. The van der Waals surface area contributed by atoms with Crippen molar-refractivity contribution in [1.82, 2.24) is 4.98 Å². The van der Waals surface area contributed by atoms with E-state index in [0.717, 1.165) is 26.3 Å². The summed E-state index contributed by atoms with van der Waals surface area (Å²) in [5, 5.41) is 2.88. The summed E-state index contributed by atoms with van der Waals surface area (Å²) < 4.78 is 14.7. The smallest absolute Gasteiger partial charge is 0.137 e. The molecule has 100 valence electrons. The van der Waals surface area contributed by atoms with Crippen LogP contribution in [0.15, 0.2) is 56.8 Å². The fourth-order valence-electron chi connectivity index (χ4n) is 1.83. The van der Waals surface area contributed by atoms with Crippen LogP contribution in [-0.4, -0.2) is 4.98 Å². The zero-order valence-corrected chi connectivity index (χ0v) is 14.1. The lowest BCUT2D eigenvalue weighted by Crippen LogP contribution is -1.82. The molecule has 0 spiro atoms. The van der Waals surface area contributed by atoms with Crippen molar-refractivity contribution in [2.24, 2.45) is 0 Å². The van der Waals surface area contributed by atoms with Crippen molar-refractivity contribution in [3.05, 3.63) is 62.6 Å². The molecule has 0 saturated heterocycles. The van der Waals surface area contributed by atoms with Gasteiger partial charge in [0.1, 0.15) is 10.8 Å². The Morgan fingerprint density at radius 3 is 2.55 bits per heavy atom. The molecule has 0 aliphatic carbocycles. The van der Waals surface area contributed by atoms with Gasteiger partial charge in [-0.05, 0) is 40.2 Å². The lowest BCUT2D eigenvalue weighted by molar-refractivity contribution is 0.621. The third-order valence-corrected chi connectivity index (χ3v) is 5.01. The first-order valence-corrected chi connectivity index (χ1v) is 8.27. The minimum Gasteiger partial charge on any atom is -0.236 e. The van der Waals surface area contributed by atoms with E-state index < -0.39 is 0 Å². The Hall–Kier alpha value is -1.04. The SMILES string of the molecule is Fc1ccc(-c2nc(-c3ccccc3Br)cs2)cc1Br. The fraction of sp³-hybridized carbons (Fsp3) is 0. The Bertz CT molecular complexity index is 770. The summed E-state index contributed by atoms with van der Waals surface area (Å²) in [7, 11) is 0. The first-order valence-electron chi connectivity index (χ1n) is 5.81. The molecule has 1 aromatic heterocycles. The van der Waals surface area contributed by atoms with Crippen LogP contribution in [0.2, 0.25) is 0 Å². The van der Waals surface area contributed by atoms with Crippen LogP contribution in [0.3, 0.4) is 0 Å². The third-order valence-electron chi connectivity index (χ3n) is 2.82. The predicted octanol–water partition coefficient (Wildman–Crippen LogP) is 6.14. The summed E-state index contributed by atoms with van der Waals surface area (Å²) >= 11 is 8.27. The normalized spacial score (nSPS) is 10.8. The lowest BCUT2D eigenvalue weighted by Gasteiger charge is -2.00. The monoisotopic (exact) mass is 411 g/mol. The molecule has 0 bridgehead atoms. The Labute approximate surface area is 136 Å². The molecule has 0 aliphatic rings. The van der Waals surface area contributed by atoms with Crippen molar-refractivity contribution in [1.29, 1.82) is 0 Å². The minimum absolute atomic E-state index is 0.267. The number of benzene rings is 2. The van der Waals surface area contributed by atoms with Crippen molar-refractivity contribution in [3.8, 4) is 21.8 Å². The van der Waals surface area contributed by atoms with Gasteiger partial charge in [-0.3, -0.25) is 0 Å². The second-order valence-electron chi connectivity index (χ2n) is 4.15. The number of hydrogen-bond donors (Lipinski definition) is 0. The van der Waals surface area contributed by atoms with Crippen molar-refractivity contribution < 1.29 is 4.39 Å². The van der Waals surface area contributed by atoms with Gasteiger partial charge < -0.3 is 0 Å². The Morgan fingerprint density at radius 1 is 1.00 bits per heavy atom. The van der Waals surface area contributed by atoms with Crippen molar-refractivity contribution in [3.63, 3.8) is 0 Å². The van der Waals surface area contributed by atoms with Crippen LogP contribution in [0.25, 0.3) is 21.8 Å². The predicted molar refractivity (Wildman–Crippen MR) is 88.3 cm³/mol. The molecular weight excluding hydrogens is 405 g/mol. The van der Waals surface area contributed by atoms with Crippen LogP contribution in [0.1, 0.15) is 0 Å². The number of halogens is 3. The highest BCUT2D eigenvalue weighted by Gasteiger charge is 2.10. The zero-order valence-electron chi connectivity index (χ0n) is 10.1. The molecule has 0 atom stereocenters. The summed E-state index contributed by atoms with van der Waals surface area (Å²) in [4.78, 5) is 4.63. The van der Waals surface area contributed by atoms with E-state index >= 15 is 0 Å². The zero-order chi connectivity index (χ0) is 14.1. The lowest BCUT2D eigenvalue weighted by atomic mass is 10.2. The number of nitrogens with zero attached hydrogens (tertiary/aromatic N) is 1. The first-order chi connectivity index (χ1) is 9.65. The molecule has 20 heavy (non-hydrogen) atoms. The summed E-state index contributed by atoms with van der Waals surface area (Å²) in [6.07, 6.45) is 0. The molecule has 0 saturated carbocycles. The molecule has 1 heterocycles. The maximum absolute atomic E-state index is 13.3. The molecule has 0 N–H and O–H groups in total. The van der Waals surface area contributed by atoms with E-state index in [2.05, 4.69) is 36.8 Å². The van der Waals surface area contributed by atoms with E-state index in [4.69, 9.17) is 0 Å². The largest absolute Gasteiger partial charge is 0.236 e. The molecule has 0 aliphatic heterocycles. The van der Waals surface area contributed by atoms with Crippen LogP contribution >= 0.6 is 43.2 Å². The van der Waals surface area contributed by atoms with Crippen LogP contribution < -0.4 is 0 Å². The van der Waals surface area contributed by atoms with Crippen LogP contribution in [0, 0.1) is 5.82 Å². The van der Waals surface area contributed by atoms with Crippen molar-refractivity contribution in [2.75, 3.05) is 0 Å². The average molecular weight is 413 g/mol. The second kappa shape index (κ2) is 5.76. The van der Waals surface area contributed by atoms with Crippen LogP contribution in [0.4, 0.5) is 4.39 Å². The van der Waals surface area contributed by atoms with Gasteiger partial charge in [-0.25, -0.2) is 9.37 Å². The maximum Gasteiger partial charge on any atom is 0.137 e. The molecule has 0 fully saturated rings.